The van der Waals surface area contributed by atoms with Crippen molar-refractivity contribution < 1.29 is 28.9 Å². The summed E-state index contributed by atoms with van der Waals surface area (Å²) in [6.07, 6.45) is 8.10. The number of esters is 1. The predicted molar refractivity (Wildman–Crippen MR) is 134 cm³/mol. The molecule has 1 aromatic rings. The highest BCUT2D eigenvalue weighted by Gasteiger charge is 2.59. The molecule has 188 valence electrons. The topological polar surface area (TPSA) is 85.3 Å². The van der Waals surface area contributed by atoms with Crippen LogP contribution in [0.3, 0.4) is 0 Å². The molecule has 1 aromatic carbocycles. The van der Waals surface area contributed by atoms with Crippen molar-refractivity contribution >= 4 is 17.8 Å². The number of aliphatic hydroxyl groups excluding tert-OH is 1. The Balaban J connectivity index is 1.62. The zero-order valence-corrected chi connectivity index (χ0v) is 20.8. The Hall–Kier alpha value is -3.58. The van der Waals surface area contributed by atoms with Gasteiger partial charge in [-0.3, -0.25) is 4.79 Å². The largest absolute Gasteiger partial charge is 0.515 e. The van der Waals surface area contributed by atoms with Crippen molar-refractivity contribution in [1.29, 1.82) is 0 Å². The van der Waals surface area contributed by atoms with Crippen LogP contribution in [0.25, 0.3) is 6.08 Å². The van der Waals surface area contributed by atoms with Crippen LogP contribution in [0.4, 0.5) is 0 Å². The van der Waals surface area contributed by atoms with Crippen LogP contribution in [0.15, 0.2) is 82.7 Å². The van der Waals surface area contributed by atoms with E-state index in [-0.39, 0.29) is 24.2 Å². The molecule has 0 amide bonds. The number of rotatable bonds is 5. The molecule has 0 radical (unpaired) electrons. The molecule has 0 saturated carbocycles. The number of carbonyl (C=O) groups excluding carboxylic acids is 2. The fourth-order valence-corrected chi connectivity index (χ4v) is 6.33. The standard InChI is InChI=1S/C29H31NO6/c1-30-12-11-29-16-23(32)24(34-2)15-21(29)22(30)14-20-19(17-31)13-25(35-3)28(27(20)29)36-26(33)10-9-18-7-5-4-6-8-18/h4-10,15,17,21-22,31H,11-14,16H2,1-3H3/t21-,22+,29-/m0/s1. The van der Waals surface area contributed by atoms with Gasteiger partial charge in [0.25, 0.3) is 0 Å². The SMILES string of the molecule is COC1=C[C@H]2[C@H]3CC4=C(C(OC(=O)C=Cc5ccccc5)=C(OC)CC4=CO)[C@@]2(CCN3C)CC1=O. The highest BCUT2D eigenvalue weighted by Crippen LogP contribution is 2.61. The number of allylic oxidation sites excluding steroid dienone is 3. The van der Waals surface area contributed by atoms with Gasteiger partial charge in [0.2, 0.25) is 0 Å². The summed E-state index contributed by atoms with van der Waals surface area (Å²) in [5, 5.41) is 10.2. The van der Waals surface area contributed by atoms with Gasteiger partial charge in [0, 0.05) is 41.9 Å². The van der Waals surface area contributed by atoms with E-state index in [9.17, 15) is 14.7 Å². The number of Topliss-reactive ketones (excluding diaryl/α,β-unsaturated/α-hetero) is 1. The molecule has 1 heterocycles. The summed E-state index contributed by atoms with van der Waals surface area (Å²) in [5.74, 6) is 0.622. The quantitative estimate of drug-likeness (QED) is 0.371. The summed E-state index contributed by atoms with van der Waals surface area (Å²) in [6, 6.07) is 9.65. The predicted octanol–water partition coefficient (Wildman–Crippen LogP) is 4.46. The zero-order chi connectivity index (χ0) is 25.4. The molecule has 36 heavy (non-hydrogen) atoms. The molecule has 7 nitrogen and oxygen atoms in total. The minimum Gasteiger partial charge on any atom is -0.515 e. The summed E-state index contributed by atoms with van der Waals surface area (Å²) in [4.78, 5) is 28.5. The maximum absolute atomic E-state index is 13.2. The van der Waals surface area contributed by atoms with E-state index < -0.39 is 11.4 Å². The first kappa shape index (κ1) is 24.1. The van der Waals surface area contributed by atoms with E-state index in [1.165, 1.54) is 20.3 Å². The van der Waals surface area contributed by atoms with Crippen molar-refractivity contribution in [1.82, 2.24) is 4.90 Å². The molecule has 0 unspecified atom stereocenters. The number of nitrogens with zero attached hydrogens (tertiary/aromatic N) is 1. The van der Waals surface area contributed by atoms with Crippen LogP contribution in [0.5, 0.6) is 0 Å². The van der Waals surface area contributed by atoms with Gasteiger partial charge in [0.05, 0.1) is 20.5 Å². The summed E-state index contributed by atoms with van der Waals surface area (Å²) in [7, 11) is 5.15. The van der Waals surface area contributed by atoms with Gasteiger partial charge in [-0.1, -0.05) is 30.3 Å². The van der Waals surface area contributed by atoms with E-state index in [0.717, 1.165) is 35.1 Å². The van der Waals surface area contributed by atoms with Gasteiger partial charge < -0.3 is 24.2 Å². The van der Waals surface area contributed by atoms with Crippen LogP contribution in [0, 0.1) is 11.3 Å². The van der Waals surface area contributed by atoms with Crippen molar-refractivity contribution in [3.05, 3.63) is 88.3 Å². The van der Waals surface area contributed by atoms with Crippen LogP contribution in [0.2, 0.25) is 0 Å². The number of benzene rings is 1. The third-order valence-electron chi connectivity index (χ3n) is 8.08. The molecule has 1 aliphatic heterocycles. The highest BCUT2D eigenvalue weighted by molar-refractivity contribution is 5.96. The number of hydrogen-bond donors (Lipinski definition) is 1. The van der Waals surface area contributed by atoms with Gasteiger partial charge in [-0.2, -0.15) is 0 Å². The first-order valence-electron chi connectivity index (χ1n) is 12.2. The third-order valence-corrected chi connectivity index (χ3v) is 8.08. The fraction of sp³-hybridized carbons (Fsp3) is 0.379. The third kappa shape index (κ3) is 3.88. The number of aliphatic hydroxyl groups is 1. The minimum absolute atomic E-state index is 0.00707. The van der Waals surface area contributed by atoms with Crippen molar-refractivity contribution in [3.63, 3.8) is 0 Å². The van der Waals surface area contributed by atoms with Crippen molar-refractivity contribution in [2.45, 2.75) is 31.7 Å². The Bertz CT molecular complexity index is 1240. The van der Waals surface area contributed by atoms with Crippen LogP contribution >= 0.6 is 0 Å². The molecule has 3 aliphatic carbocycles. The average Bonchev–Trinajstić information content (AvgIpc) is 2.89. The lowest BCUT2D eigenvalue weighted by molar-refractivity contribution is -0.134. The van der Waals surface area contributed by atoms with Crippen LogP contribution in [-0.4, -0.2) is 55.6 Å². The number of hydrogen-bond acceptors (Lipinski definition) is 7. The molecule has 1 saturated heterocycles. The van der Waals surface area contributed by atoms with Crippen molar-refractivity contribution in [2.75, 3.05) is 27.8 Å². The second-order valence-electron chi connectivity index (χ2n) is 9.83. The van der Waals surface area contributed by atoms with Crippen LogP contribution in [-0.2, 0) is 23.8 Å². The van der Waals surface area contributed by atoms with Gasteiger partial charge in [-0.15, -0.1) is 0 Å². The normalized spacial score (nSPS) is 29.1. The molecule has 1 N–H and O–H groups in total. The Morgan fingerprint density at radius 3 is 2.67 bits per heavy atom. The summed E-state index contributed by atoms with van der Waals surface area (Å²) < 4.78 is 17.2. The molecule has 1 fully saturated rings. The highest BCUT2D eigenvalue weighted by atomic mass is 16.6. The molecule has 7 heteroatoms. The van der Waals surface area contributed by atoms with Gasteiger partial charge >= 0.3 is 5.97 Å². The van der Waals surface area contributed by atoms with E-state index in [2.05, 4.69) is 11.9 Å². The molecule has 5 rings (SSSR count). The second kappa shape index (κ2) is 9.47. The Labute approximate surface area is 211 Å². The van der Waals surface area contributed by atoms with E-state index in [4.69, 9.17) is 14.2 Å². The van der Waals surface area contributed by atoms with Crippen molar-refractivity contribution in [3.8, 4) is 0 Å². The van der Waals surface area contributed by atoms with Gasteiger partial charge in [0.1, 0.15) is 5.76 Å². The van der Waals surface area contributed by atoms with E-state index in [0.29, 0.717) is 36.5 Å². The second-order valence-corrected chi connectivity index (χ2v) is 9.83. The monoisotopic (exact) mass is 489 g/mol. The van der Waals surface area contributed by atoms with Gasteiger partial charge in [-0.25, -0.2) is 4.79 Å². The number of carbonyl (C=O) groups is 2. The molecular formula is C29H31NO6. The number of methoxy groups -OCH3 is 2. The first-order chi connectivity index (χ1) is 17.4. The molecule has 4 aliphatic rings. The Morgan fingerprint density at radius 1 is 1.19 bits per heavy atom. The molecule has 2 bridgehead atoms. The summed E-state index contributed by atoms with van der Waals surface area (Å²) in [5.41, 5.74) is 2.77. The summed E-state index contributed by atoms with van der Waals surface area (Å²) in [6.45, 7) is 0.803. The van der Waals surface area contributed by atoms with E-state index in [1.54, 1.807) is 6.08 Å². The maximum Gasteiger partial charge on any atom is 0.336 e. The lowest BCUT2D eigenvalue weighted by Gasteiger charge is -2.58. The van der Waals surface area contributed by atoms with Crippen molar-refractivity contribution in [2.24, 2.45) is 11.3 Å². The fourth-order valence-electron chi connectivity index (χ4n) is 6.33. The smallest absolute Gasteiger partial charge is 0.336 e. The molecule has 0 spiro atoms. The molecular weight excluding hydrogens is 458 g/mol. The summed E-state index contributed by atoms with van der Waals surface area (Å²) >= 11 is 0. The first-order valence-corrected chi connectivity index (χ1v) is 12.2. The number of likely N-dealkylation sites (tertiary alicyclic amines) is 1. The Kier molecular flexibility index (Phi) is 6.35. The molecule has 0 aromatic heterocycles. The maximum atomic E-state index is 13.2. The molecule has 3 atom stereocenters. The lowest BCUT2D eigenvalue weighted by atomic mass is 9.52. The Morgan fingerprint density at radius 2 is 1.97 bits per heavy atom. The lowest BCUT2D eigenvalue weighted by Crippen LogP contribution is -2.58. The van der Waals surface area contributed by atoms with E-state index >= 15 is 0 Å². The number of piperidine rings is 1. The number of ether oxygens (including phenoxy) is 3. The zero-order valence-electron chi connectivity index (χ0n) is 20.8. The van der Waals surface area contributed by atoms with Gasteiger partial charge in [0.15, 0.2) is 17.3 Å². The average molecular weight is 490 g/mol. The van der Waals surface area contributed by atoms with Crippen LogP contribution in [0.1, 0.15) is 31.2 Å². The van der Waals surface area contributed by atoms with Crippen LogP contribution < -0.4 is 0 Å². The van der Waals surface area contributed by atoms with E-state index in [1.807, 2.05) is 36.4 Å². The number of ketones is 1. The minimum atomic E-state index is -0.582. The van der Waals surface area contributed by atoms with Gasteiger partial charge in [-0.05, 0) is 55.3 Å².